The monoisotopic (exact) mass is 375 g/mol. The smallest absolute Gasteiger partial charge is 0.229 e. The maximum absolute atomic E-state index is 9.01. The zero-order valence-electron chi connectivity index (χ0n) is 15.4. The van der Waals surface area contributed by atoms with Crippen LogP contribution in [-0.2, 0) is 13.1 Å². The van der Waals surface area contributed by atoms with E-state index in [0.29, 0.717) is 25.0 Å². The number of hydrogen-bond donors (Lipinski definition) is 2. The van der Waals surface area contributed by atoms with Crippen LogP contribution in [0.2, 0.25) is 0 Å². The van der Waals surface area contributed by atoms with Gasteiger partial charge in [-0.15, -0.1) is 0 Å². The van der Waals surface area contributed by atoms with Crippen molar-refractivity contribution in [1.29, 1.82) is 0 Å². The topological polar surface area (TPSA) is 93.7 Å². The molecule has 0 atom stereocenters. The first-order valence-electron chi connectivity index (χ1n) is 9.47. The van der Waals surface area contributed by atoms with E-state index in [-0.39, 0.29) is 6.61 Å². The molecule has 1 fully saturated rings. The summed E-state index contributed by atoms with van der Waals surface area (Å²) in [4.78, 5) is 9.04. The van der Waals surface area contributed by atoms with Gasteiger partial charge in [-0.1, -0.05) is 24.3 Å². The van der Waals surface area contributed by atoms with Crippen molar-refractivity contribution >= 4 is 22.7 Å². The van der Waals surface area contributed by atoms with E-state index in [2.05, 4.69) is 49.7 Å². The van der Waals surface area contributed by atoms with Gasteiger partial charge in [0.1, 0.15) is 0 Å². The average Bonchev–Trinajstić information content (AvgIpc) is 3.35. The number of benzene rings is 1. The largest absolute Gasteiger partial charge is 0.394 e. The molecule has 0 bridgehead atoms. The van der Waals surface area contributed by atoms with Gasteiger partial charge in [0, 0.05) is 12.4 Å². The van der Waals surface area contributed by atoms with Crippen LogP contribution in [0.25, 0.3) is 11.0 Å². The first kappa shape index (κ1) is 16.9. The minimum absolute atomic E-state index is 0.0467. The Balaban J connectivity index is 1.42. The van der Waals surface area contributed by atoms with E-state index in [1.807, 2.05) is 10.9 Å². The normalized spacial score (nSPS) is 13.9. The zero-order chi connectivity index (χ0) is 18.9. The number of rotatable bonds is 7. The standard InChI is InChI=1S/C20H21N7O/c28-8-7-26-13-17(11-22-26)24-20-21-9-16-10-23-27(19(16)25-20)12-15-3-1-2-4-18(15)14-5-6-14/h1-4,9-11,13-14,28H,5-8,12H2,(H,21,24,25). The molecule has 3 heterocycles. The molecule has 1 aromatic carbocycles. The number of anilines is 2. The molecule has 1 aliphatic rings. The van der Waals surface area contributed by atoms with Gasteiger partial charge in [0.15, 0.2) is 5.65 Å². The number of fused-ring (bicyclic) bond motifs is 1. The van der Waals surface area contributed by atoms with Gasteiger partial charge >= 0.3 is 0 Å². The summed E-state index contributed by atoms with van der Waals surface area (Å²) in [5.74, 6) is 1.19. The van der Waals surface area contributed by atoms with Crippen LogP contribution in [-0.4, -0.2) is 41.2 Å². The van der Waals surface area contributed by atoms with Crippen LogP contribution in [0.15, 0.2) is 49.1 Å². The predicted molar refractivity (Wildman–Crippen MR) is 105 cm³/mol. The fourth-order valence-electron chi connectivity index (χ4n) is 3.46. The lowest BCUT2D eigenvalue weighted by Crippen LogP contribution is -2.06. The molecule has 0 unspecified atom stereocenters. The minimum Gasteiger partial charge on any atom is -0.394 e. The minimum atomic E-state index is 0.0467. The Morgan fingerprint density at radius 3 is 2.86 bits per heavy atom. The molecule has 5 rings (SSSR count). The van der Waals surface area contributed by atoms with Gasteiger partial charge in [0.05, 0.1) is 43.2 Å². The summed E-state index contributed by atoms with van der Waals surface area (Å²) in [5.41, 5.74) is 4.30. The second kappa shape index (κ2) is 7.05. The summed E-state index contributed by atoms with van der Waals surface area (Å²) in [7, 11) is 0. The Labute approximate surface area is 161 Å². The highest BCUT2D eigenvalue weighted by molar-refractivity contribution is 5.75. The maximum Gasteiger partial charge on any atom is 0.229 e. The molecule has 8 nitrogen and oxygen atoms in total. The molecule has 0 aliphatic heterocycles. The highest BCUT2D eigenvalue weighted by Gasteiger charge is 2.25. The quantitative estimate of drug-likeness (QED) is 0.516. The second-order valence-corrected chi connectivity index (χ2v) is 7.09. The SMILES string of the molecule is OCCn1cc(Nc2ncc3cnn(Cc4ccccc4C4CC4)c3n2)cn1. The molecule has 0 radical (unpaired) electrons. The van der Waals surface area contributed by atoms with E-state index in [4.69, 9.17) is 5.11 Å². The van der Waals surface area contributed by atoms with Crippen molar-refractivity contribution in [1.82, 2.24) is 29.5 Å². The molecule has 1 saturated carbocycles. The van der Waals surface area contributed by atoms with Gasteiger partial charge in [-0.3, -0.25) is 4.68 Å². The average molecular weight is 375 g/mol. The number of hydrogen-bond acceptors (Lipinski definition) is 6. The number of nitrogens with one attached hydrogen (secondary N) is 1. The van der Waals surface area contributed by atoms with Crippen molar-refractivity contribution in [3.8, 4) is 0 Å². The molecule has 8 heteroatoms. The molecule has 0 amide bonds. The van der Waals surface area contributed by atoms with E-state index < -0.39 is 0 Å². The Kier molecular flexibility index (Phi) is 4.25. The molecular formula is C20H21N7O. The number of aliphatic hydroxyl groups excluding tert-OH is 1. The van der Waals surface area contributed by atoms with Crippen molar-refractivity contribution < 1.29 is 5.11 Å². The van der Waals surface area contributed by atoms with Gasteiger partial charge in [-0.25, -0.2) is 9.67 Å². The third-order valence-electron chi connectivity index (χ3n) is 4.99. The van der Waals surface area contributed by atoms with E-state index in [9.17, 15) is 0 Å². The summed E-state index contributed by atoms with van der Waals surface area (Å²) in [5, 5.41) is 21.8. The van der Waals surface area contributed by atoms with Gasteiger partial charge in [0.25, 0.3) is 0 Å². The lowest BCUT2D eigenvalue weighted by molar-refractivity contribution is 0.269. The Morgan fingerprint density at radius 2 is 2.00 bits per heavy atom. The molecule has 1 aliphatic carbocycles. The second-order valence-electron chi connectivity index (χ2n) is 7.09. The van der Waals surface area contributed by atoms with Gasteiger partial charge < -0.3 is 10.4 Å². The molecule has 142 valence electrons. The fourth-order valence-corrected chi connectivity index (χ4v) is 3.46. The van der Waals surface area contributed by atoms with Crippen LogP contribution >= 0.6 is 0 Å². The Morgan fingerprint density at radius 1 is 1.11 bits per heavy atom. The third-order valence-corrected chi connectivity index (χ3v) is 4.99. The van der Waals surface area contributed by atoms with Crippen molar-refractivity contribution in [2.45, 2.75) is 31.8 Å². The number of aromatic nitrogens is 6. The molecular weight excluding hydrogens is 354 g/mol. The predicted octanol–water partition coefficient (Wildman–Crippen LogP) is 2.68. The summed E-state index contributed by atoms with van der Waals surface area (Å²) in [6, 6.07) is 8.60. The van der Waals surface area contributed by atoms with Crippen LogP contribution in [0.1, 0.15) is 29.9 Å². The van der Waals surface area contributed by atoms with Crippen LogP contribution in [0.3, 0.4) is 0 Å². The lowest BCUT2D eigenvalue weighted by Gasteiger charge is -2.09. The van der Waals surface area contributed by atoms with E-state index in [1.54, 1.807) is 23.3 Å². The lowest BCUT2D eigenvalue weighted by atomic mass is 10.0. The molecule has 28 heavy (non-hydrogen) atoms. The molecule has 3 aromatic heterocycles. The van der Waals surface area contributed by atoms with E-state index in [0.717, 1.165) is 16.7 Å². The van der Waals surface area contributed by atoms with Crippen molar-refractivity contribution in [3.63, 3.8) is 0 Å². The first-order valence-corrected chi connectivity index (χ1v) is 9.47. The number of nitrogens with zero attached hydrogens (tertiary/aromatic N) is 6. The first-order chi connectivity index (χ1) is 13.8. The highest BCUT2D eigenvalue weighted by Crippen LogP contribution is 2.41. The van der Waals surface area contributed by atoms with Crippen molar-refractivity contribution in [2.75, 3.05) is 11.9 Å². The highest BCUT2D eigenvalue weighted by atomic mass is 16.3. The maximum atomic E-state index is 9.01. The van der Waals surface area contributed by atoms with Gasteiger partial charge in [-0.2, -0.15) is 15.2 Å². The fraction of sp³-hybridized carbons (Fsp3) is 0.300. The Bertz CT molecular complexity index is 1110. The summed E-state index contributed by atoms with van der Waals surface area (Å²) >= 11 is 0. The van der Waals surface area contributed by atoms with Gasteiger partial charge in [0.2, 0.25) is 5.95 Å². The number of aliphatic hydroxyl groups is 1. The van der Waals surface area contributed by atoms with E-state index >= 15 is 0 Å². The third kappa shape index (κ3) is 3.34. The summed E-state index contributed by atoms with van der Waals surface area (Å²) in [6.45, 7) is 1.20. The molecule has 2 N–H and O–H groups in total. The summed E-state index contributed by atoms with van der Waals surface area (Å²) < 4.78 is 3.60. The van der Waals surface area contributed by atoms with Crippen LogP contribution < -0.4 is 5.32 Å². The zero-order valence-corrected chi connectivity index (χ0v) is 15.4. The van der Waals surface area contributed by atoms with Crippen LogP contribution in [0, 0.1) is 0 Å². The summed E-state index contributed by atoms with van der Waals surface area (Å²) in [6.07, 6.45) is 9.63. The van der Waals surface area contributed by atoms with E-state index in [1.165, 1.54) is 24.0 Å². The van der Waals surface area contributed by atoms with Crippen LogP contribution in [0.5, 0.6) is 0 Å². The molecule has 0 saturated heterocycles. The van der Waals surface area contributed by atoms with Crippen molar-refractivity contribution in [3.05, 3.63) is 60.2 Å². The van der Waals surface area contributed by atoms with Crippen LogP contribution in [0.4, 0.5) is 11.6 Å². The Hall–Kier alpha value is -3.26. The molecule has 4 aromatic rings. The van der Waals surface area contributed by atoms with Crippen molar-refractivity contribution in [2.24, 2.45) is 0 Å². The molecule has 0 spiro atoms. The van der Waals surface area contributed by atoms with Gasteiger partial charge in [-0.05, 0) is 29.9 Å².